The zero-order valence-corrected chi connectivity index (χ0v) is 19.9. The molecule has 0 unspecified atom stereocenters. The van der Waals surface area contributed by atoms with Crippen LogP contribution in [0, 0.1) is 10.1 Å². The SMILES string of the molecule is CC[C@@H](C(=O)NC1CCCC1)N(Cc1ccc(Cl)c(Cl)c1)C(=O)Cc1ccccc1[N+](=O)[O-]. The molecular weight excluding hydrogens is 465 g/mol. The third-order valence-electron chi connectivity index (χ3n) is 5.95. The summed E-state index contributed by atoms with van der Waals surface area (Å²) in [6, 6.07) is 10.6. The fourth-order valence-electron chi connectivity index (χ4n) is 4.22. The molecule has 0 radical (unpaired) electrons. The fraction of sp³-hybridized carbons (Fsp3) is 0.417. The predicted octanol–water partition coefficient (Wildman–Crippen LogP) is 5.31. The van der Waals surface area contributed by atoms with Crippen LogP contribution in [0.25, 0.3) is 0 Å². The second kappa shape index (κ2) is 11.5. The minimum atomic E-state index is -0.713. The van der Waals surface area contributed by atoms with E-state index in [9.17, 15) is 19.7 Å². The number of nitro benzene ring substituents is 1. The summed E-state index contributed by atoms with van der Waals surface area (Å²) in [5.74, 6) is -0.579. The number of nitrogens with zero attached hydrogens (tertiary/aromatic N) is 2. The summed E-state index contributed by atoms with van der Waals surface area (Å²) in [5.41, 5.74) is 0.897. The van der Waals surface area contributed by atoms with Crippen molar-refractivity contribution in [1.82, 2.24) is 10.2 Å². The highest BCUT2D eigenvalue weighted by atomic mass is 35.5. The van der Waals surface area contributed by atoms with Crippen LogP contribution < -0.4 is 5.32 Å². The van der Waals surface area contributed by atoms with E-state index in [1.165, 1.54) is 11.0 Å². The minimum Gasteiger partial charge on any atom is -0.352 e. The number of halogens is 2. The Balaban J connectivity index is 1.89. The van der Waals surface area contributed by atoms with Crippen LogP contribution in [-0.2, 0) is 22.6 Å². The van der Waals surface area contributed by atoms with Crippen molar-refractivity contribution in [3.05, 3.63) is 73.8 Å². The Morgan fingerprint density at radius 3 is 2.48 bits per heavy atom. The largest absolute Gasteiger partial charge is 0.352 e. The van der Waals surface area contributed by atoms with Crippen LogP contribution in [-0.4, -0.2) is 33.7 Å². The second-order valence-electron chi connectivity index (χ2n) is 8.25. The van der Waals surface area contributed by atoms with Gasteiger partial charge in [0.15, 0.2) is 0 Å². The maximum atomic E-state index is 13.4. The third kappa shape index (κ3) is 6.45. The summed E-state index contributed by atoms with van der Waals surface area (Å²) in [6.07, 6.45) is 4.23. The molecule has 3 rings (SSSR count). The molecule has 0 spiro atoms. The zero-order chi connectivity index (χ0) is 24.0. The highest BCUT2D eigenvalue weighted by molar-refractivity contribution is 6.42. The van der Waals surface area contributed by atoms with Gasteiger partial charge in [-0.1, -0.05) is 67.2 Å². The number of hydrogen-bond donors (Lipinski definition) is 1. The van der Waals surface area contributed by atoms with Gasteiger partial charge in [0.25, 0.3) is 5.69 Å². The molecule has 176 valence electrons. The molecule has 1 N–H and O–H groups in total. The summed E-state index contributed by atoms with van der Waals surface area (Å²) in [6.45, 7) is 1.98. The van der Waals surface area contributed by atoms with E-state index in [0.29, 0.717) is 27.6 Å². The van der Waals surface area contributed by atoms with E-state index in [0.717, 1.165) is 25.7 Å². The molecule has 9 heteroatoms. The normalized spacial score (nSPS) is 14.6. The van der Waals surface area contributed by atoms with Gasteiger partial charge in [-0.05, 0) is 37.0 Å². The molecule has 1 aliphatic carbocycles. The quantitative estimate of drug-likeness (QED) is 0.379. The number of nitrogens with one attached hydrogen (secondary N) is 1. The lowest BCUT2D eigenvalue weighted by atomic mass is 10.0. The first-order valence-corrected chi connectivity index (χ1v) is 11.8. The molecule has 0 heterocycles. The highest BCUT2D eigenvalue weighted by Crippen LogP contribution is 2.26. The summed E-state index contributed by atoms with van der Waals surface area (Å²) in [7, 11) is 0. The molecule has 1 fully saturated rings. The maximum Gasteiger partial charge on any atom is 0.273 e. The highest BCUT2D eigenvalue weighted by Gasteiger charge is 2.31. The number of amides is 2. The number of rotatable bonds is 9. The van der Waals surface area contributed by atoms with Crippen molar-refractivity contribution in [1.29, 1.82) is 0 Å². The Morgan fingerprint density at radius 1 is 1.15 bits per heavy atom. The molecule has 0 aromatic heterocycles. The Hall–Kier alpha value is -2.64. The van der Waals surface area contributed by atoms with E-state index in [1.54, 1.807) is 36.4 Å². The molecule has 2 amide bonds. The van der Waals surface area contributed by atoms with E-state index in [1.807, 2.05) is 6.92 Å². The van der Waals surface area contributed by atoms with Crippen molar-refractivity contribution in [3.8, 4) is 0 Å². The van der Waals surface area contributed by atoms with Gasteiger partial charge >= 0.3 is 0 Å². The Morgan fingerprint density at radius 2 is 1.85 bits per heavy atom. The van der Waals surface area contributed by atoms with Gasteiger partial charge in [-0.25, -0.2) is 0 Å². The van der Waals surface area contributed by atoms with Crippen LogP contribution in [0.15, 0.2) is 42.5 Å². The van der Waals surface area contributed by atoms with E-state index >= 15 is 0 Å². The van der Waals surface area contributed by atoms with E-state index in [-0.39, 0.29) is 36.5 Å². The van der Waals surface area contributed by atoms with Gasteiger partial charge in [0, 0.05) is 24.2 Å². The molecule has 0 bridgehead atoms. The van der Waals surface area contributed by atoms with Crippen molar-refractivity contribution >= 4 is 40.7 Å². The molecule has 1 saturated carbocycles. The molecule has 0 saturated heterocycles. The van der Waals surface area contributed by atoms with Crippen LogP contribution in [0.2, 0.25) is 10.0 Å². The summed E-state index contributed by atoms with van der Waals surface area (Å²) >= 11 is 12.2. The monoisotopic (exact) mass is 491 g/mol. The Bertz CT molecular complexity index is 1020. The standard InChI is InChI=1S/C24H27Cl2N3O4/c1-2-21(24(31)27-18-8-4-5-9-18)28(15-16-11-12-19(25)20(26)13-16)23(30)14-17-7-3-6-10-22(17)29(32)33/h3,6-7,10-13,18,21H,2,4-5,8-9,14-15H2,1H3,(H,27,31)/t21-/m0/s1. The van der Waals surface area contributed by atoms with Crippen molar-refractivity contribution < 1.29 is 14.5 Å². The Labute approximate surface area is 203 Å². The number of carbonyl (C=O) groups is 2. The lowest BCUT2D eigenvalue weighted by Gasteiger charge is -2.31. The topological polar surface area (TPSA) is 92.6 Å². The van der Waals surface area contributed by atoms with Gasteiger partial charge in [-0.2, -0.15) is 0 Å². The van der Waals surface area contributed by atoms with Crippen molar-refractivity contribution in [3.63, 3.8) is 0 Å². The molecule has 0 aliphatic heterocycles. The van der Waals surface area contributed by atoms with E-state index < -0.39 is 11.0 Å². The second-order valence-corrected chi connectivity index (χ2v) is 9.06. The number of para-hydroxylation sites is 1. The number of benzene rings is 2. The summed E-state index contributed by atoms with van der Waals surface area (Å²) < 4.78 is 0. The van der Waals surface area contributed by atoms with Crippen LogP contribution in [0.3, 0.4) is 0 Å². The fourth-order valence-corrected chi connectivity index (χ4v) is 4.55. The minimum absolute atomic E-state index is 0.115. The molecule has 1 atom stereocenters. The van der Waals surface area contributed by atoms with E-state index in [2.05, 4.69) is 5.32 Å². The van der Waals surface area contributed by atoms with Crippen LogP contribution >= 0.6 is 23.2 Å². The number of carbonyl (C=O) groups excluding carboxylic acids is 2. The first kappa shape index (κ1) is 25.0. The average Bonchev–Trinajstić information content (AvgIpc) is 3.29. The first-order chi connectivity index (χ1) is 15.8. The number of hydrogen-bond acceptors (Lipinski definition) is 4. The smallest absolute Gasteiger partial charge is 0.273 e. The predicted molar refractivity (Wildman–Crippen MR) is 128 cm³/mol. The van der Waals surface area contributed by atoms with Gasteiger partial charge in [0.2, 0.25) is 11.8 Å². The molecular formula is C24H27Cl2N3O4. The van der Waals surface area contributed by atoms with Crippen molar-refractivity contribution in [2.45, 2.75) is 64.1 Å². The van der Waals surface area contributed by atoms with Crippen molar-refractivity contribution in [2.24, 2.45) is 0 Å². The summed E-state index contributed by atoms with van der Waals surface area (Å²) in [4.78, 5) is 39.0. The number of nitro groups is 1. The molecule has 1 aliphatic rings. The molecule has 7 nitrogen and oxygen atoms in total. The first-order valence-electron chi connectivity index (χ1n) is 11.1. The summed E-state index contributed by atoms with van der Waals surface area (Å²) in [5, 5.41) is 15.2. The van der Waals surface area contributed by atoms with Crippen LogP contribution in [0.4, 0.5) is 5.69 Å². The maximum absolute atomic E-state index is 13.4. The third-order valence-corrected chi connectivity index (χ3v) is 6.69. The van der Waals surface area contributed by atoms with Gasteiger partial charge in [0.05, 0.1) is 21.4 Å². The van der Waals surface area contributed by atoms with Gasteiger partial charge in [-0.15, -0.1) is 0 Å². The lowest BCUT2D eigenvalue weighted by molar-refractivity contribution is -0.385. The van der Waals surface area contributed by atoms with Crippen LogP contribution in [0.5, 0.6) is 0 Å². The van der Waals surface area contributed by atoms with Crippen LogP contribution in [0.1, 0.15) is 50.2 Å². The molecule has 2 aromatic carbocycles. The van der Waals surface area contributed by atoms with Crippen molar-refractivity contribution in [2.75, 3.05) is 0 Å². The molecule has 2 aromatic rings. The van der Waals surface area contributed by atoms with E-state index in [4.69, 9.17) is 23.2 Å². The average molecular weight is 492 g/mol. The molecule has 33 heavy (non-hydrogen) atoms. The Kier molecular flexibility index (Phi) is 8.69. The van der Waals surface area contributed by atoms with Gasteiger partial charge < -0.3 is 10.2 Å². The lowest BCUT2D eigenvalue weighted by Crippen LogP contribution is -2.51. The zero-order valence-electron chi connectivity index (χ0n) is 18.4. The van der Waals surface area contributed by atoms with Gasteiger partial charge in [-0.3, -0.25) is 19.7 Å². The van der Waals surface area contributed by atoms with Gasteiger partial charge in [0.1, 0.15) is 6.04 Å².